The molecule has 1 aromatic heterocycles. The average Bonchev–Trinajstić information content (AvgIpc) is 2.91. The number of primary amides is 1. The fourth-order valence-corrected chi connectivity index (χ4v) is 5.45. The standard InChI is InChI=1S/C29H45FN6O2/c1-5-8-9-10-22(21(4)30)19-34-14-11-24(12-15-34)36-17-16-35(20-23(36)7-3)29-27(37)26(32-13-6-2)25(18-33-29)28(31)38/h5,8-10,18,23-24,37H,6-7,11-17,19-20H2,1-4H3,(H2,31,38)(H,32,33)/b8-5-,10-9-,22-21-. The van der Waals surface area contributed by atoms with Crippen molar-refractivity contribution in [2.45, 2.75) is 65.5 Å². The van der Waals surface area contributed by atoms with E-state index in [0.29, 0.717) is 36.7 Å². The van der Waals surface area contributed by atoms with E-state index in [1.807, 2.05) is 38.2 Å². The fraction of sp³-hybridized carbons (Fsp3) is 0.586. The Morgan fingerprint density at radius 1 is 1.24 bits per heavy atom. The lowest BCUT2D eigenvalue weighted by Gasteiger charge is -2.47. The molecule has 0 spiro atoms. The van der Waals surface area contributed by atoms with Gasteiger partial charge in [-0.1, -0.05) is 38.2 Å². The highest BCUT2D eigenvalue weighted by Crippen LogP contribution is 2.37. The number of piperidine rings is 1. The number of carbonyl (C=O) groups is 1. The van der Waals surface area contributed by atoms with Gasteiger partial charge in [-0.3, -0.25) is 14.6 Å². The number of likely N-dealkylation sites (tertiary alicyclic amines) is 1. The number of piperazine rings is 1. The number of halogens is 1. The number of pyridine rings is 1. The summed E-state index contributed by atoms with van der Waals surface area (Å²) in [6, 6.07) is 0.813. The van der Waals surface area contributed by atoms with E-state index < -0.39 is 5.91 Å². The highest BCUT2D eigenvalue weighted by molar-refractivity contribution is 6.00. The van der Waals surface area contributed by atoms with Crippen molar-refractivity contribution in [3.05, 3.63) is 47.5 Å². The summed E-state index contributed by atoms with van der Waals surface area (Å²) in [5.74, 6) is -0.252. The molecule has 1 unspecified atom stereocenters. The van der Waals surface area contributed by atoms with E-state index in [4.69, 9.17) is 5.73 Å². The van der Waals surface area contributed by atoms with Crippen LogP contribution in [0.25, 0.3) is 0 Å². The van der Waals surface area contributed by atoms with Gasteiger partial charge in [-0.2, -0.15) is 0 Å². The normalized spacial score (nSPS) is 20.9. The van der Waals surface area contributed by atoms with E-state index in [1.54, 1.807) is 0 Å². The first-order valence-corrected chi connectivity index (χ1v) is 13.9. The van der Waals surface area contributed by atoms with Crippen LogP contribution in [0.3, 0.4) is 0 Å². The van der Waals surface area contributed by atoms with Crippen molar-refractivity contribution in [1.82, 2.24) is 14.8 Å². The molecule has 8 nitrogen and oxygen atoms in total. The molecular weight excluding hydrogens is 483 g/mol. The van der Waals surface area contributed by atoms with Crippen molar-refractivity contribution in [3.63, 3.8) is 0 Å². The number of aromatic hydroxyl groups is 1. The molecule has 3 heterocycles. The van der Waals surface area contributed by atoms with Gasteiger partial charge in [-0.15, -0.1) is 0 Å². The number of amides is 1. The van der Waals surface area contributed by atoms with E-state index in [2.05, 4.69) is 31.9 Å². The zero-order chi connectivity index (χ0) is 27.7. The first-order valence-electron chi connectivity index (χ1n) is 13.9. The summed E-state index contributed by atoms with van der Waals surface area (Å²) in [5.41, 5.74) is 6.83. The molecule has 4 N–H and O–H groups in total. The number of hydrogen-bond donors (Lipinski definition) is 3. The fourth-order valence-electron chi connectivity index (χ4n) is 5.45. The Bertz CT molecular complexity index is 1030. The third-order valence-electron chi connectivity index (χ3n) is 7.61. The zero-order valence-electron chi connectivity index (χ0n) is 23.4. The molecular formula is C29H45FN6O2. The van der Waals surface area contributed by atoms with Crippen molar-refractivity contribution < 1.29 is 14.3 Å². The summed E-state index contributed by atoms with van der Waals surface area (Å²) in [5, 5.41) is 14.2. The first kappa shape index (κ1) is 29.6. The second-order valence-corrected chi connectivity index (χ2v) is 10.2. The third-order valence-corrected chi connectivity index (χ3v) is 7.61. The van der Waals surface area contributed by atoms with E-state index in [0.717, 1.165) is 64.0 Å². The molecule has 1 atom stereocenters. The van der Waals surface area contributed by atoms with Gasteiger partial charge < -0.3 is 21.1 Å². The van der Waals surface area contributed by atoms with Gasteiger partial charge in [0.25, 0.3) is 5.91 Å². The third kappa shape index (κ3) is 7.35. The van der Waals surface area contributed by atoms with Crippen molar-refractivity contribution in [2.75, 3.05) is 56.0 Å². The lowest BCUT2D eigenvalue weighted by atomic mass is 9.97. The van der Waals surface area contributed by atoms with Crippen LogP contribution in [0.1, 0.15) is 63.7 Å². The minimum Gasteiger partial charge on any atom is -0.503 e. The summed E-state index contributed by atoms with van der Waals surface area (Å²) >= 11 is 0. The number of nitrogens with two attached hydrogens (primary N) is 1. The Morgan fingerprint density at radius 3 is 2.58 bits per heavy atom. The topological polar surface area (TPSA) is 98.0 Å². The summed E-state index contributed by atoms with van der Waals surface area (Å²) in [7, 11) is 0. The largest absolute Gasteiger partial charge is 0.503 e. The minimum atomic E-state index is -0.612. The van der Waals surface area contributed by atoms with Crippen LogP contribution in [-0.2, 0) is 0 Å². The number of nitrogens with one attached hydrogen (secondary N) is 1. The van der Waals surface area contributed by atoms with Crippen LogP contribution in [0.2, 0.25) is 0 Å². The quantitative estimate of drug-likeness (QED) is 0.365. The Kier molecular flexibility index (Phi) is 11.2. The predicted octanol–water partition coefficient (Wildman–Crippen LogP) is 4.45. The van der Waals surface area contributed by atoms with Crippen molar-refractivity contribution in [1.29, 1.82) is 0 Å². The molecule has 210 valence electrons. The van der Waals surface area contributed by atoms with Crippen molar-refractivity contribution in [3.8, 4) is 5.75 Å². The van der Waals surface area contributed by atoms with Crippen LogP contribution < -0.4 is 16.0 Å². The molecule has 3 rings (SSSR count). The van der Waals surface area contributed by atoms with Crippen LogP contribution in [0.15, 0.2) is 41.9 Å². The molecule has 0 aromatic carbocycles. The number of carbonyl (C=O) groups excluding carboxylic acids is 1. The number of nitrogens with zero attached hydrogens (tertiary/aromatic N) is 4. The van der Waals surface area contributed by atoms with Crippen LogP contribution >= 0.6 is 0 Å². The number of aromatic nitrogens is 1. The Balaban J connectivity index is 1.65. The SMILES string of the molecule is C\C=C/C=C\C(CN1CCC(N2CCN(c3ncc(C(N)=O)c(NCCC)c3O)CC2CC)CC1)=C(/C)F. The summed E-state index contributed by atoms with van der Waals surface area (Å²) < 4.78 is 14.1. The van der Waals surface area contributed by atoms with E-state index in [-0.39, 0.29) is 17.1 Å². The van der Waals surface area contributed by atoms with E-state index >= 15 is 0 Å². The molecule has 1 amide bonds. The predicted molar refractivity (Wildman–Crippen MR) is 153 cm³/mol. The van der Waals surface area contributed by atoms with E-state index in [9.17, 15) is 14.3 Å². The van der Waals surface area contributed by atoms with Gasteiger partial charge in [0, 0.05) is 51.0 Å². The van der Waals surface area contributed by atoms with Gasteiger partial charge in [-0.05, 0) is 58.2 Å². The monoisotopic (exact) mass is 528 g/mol. The smallest absolute Gasteiger partial charge is 0.252 e. The van der Waals surface area contributed by atoms with Crippen LogP contribution in [-0.4, -0.2) is 83.7 Å². The second kappa shape index (κ2) is 14.3. The van der Waals surface area contributed by atoms with E-state index in [1.165, 1.54) is 13.1 Å². The molecule has 2 fully saturated rings. The molecule has 0 radical (unpaired) electrons. The maximum Gasteiger partial charge on any atom is 0.252 e. The van der Waals surface area contributed by atoms with Crippen molar-refractivity contribution >= 4 is 17.4 Å². The molecule has 0 saturated carbocycles. The number of rotatable bonds is 11. The Labute approximate surface area is 227 Å². The van der Waals surface area contributed by atoms with Crippen molar-refractivity contribution in [2.24, 2.45) is 5.73 Å². The van der Waals surface area contributed by atoms with Crippen LogP contribution in [0.5, 0.6) is 5.75 Å². The minimum absolute atomic E-state index is 0.0122. The molecule has 9 heteroatoms. The summed E-state index contributed by atoms with van der Waals surface area (Å²) in [6.07, 6.45) is 13.0. The Hall–Kier alpha value is -2.91. The molecule has 0 bridgehead atoms. The average molecular weight is 529 g/mol. The maximum atomic E-state index is 14.1. The molecule has 38 heavy (non-hydrogen) atoms. The lowest BCUT2D eigenvalue weighted by molar-refractivity contribution is 0.0657. The highest BCUT2D eigenvalue weighted by atomic mass is 19.1. The number of anilines is 2. The molecule has 1 aromatic rings. The van der Waals surface area contributed by atoms with Gasteiger partial charge in [0.05, 0.1) is 11.3 Å². The van der Waals surface area contributed by atoms with Crippen LogP contribution in [0, 0.1) is 0 Å². The highest BCUT2D eigenvalue weighted by Gasteiger charge is 2.34. The maximum absolute atomic E-state index is 14.1. The molecule has 2 aliphatic heterocycles. The Morgan fingerprint density at radius 2 is 1.97 bits per heavy atom. The van der Waals surface area contributed by atoms with Crippen LogP contribution in [0.4, 0.5) is 15.9 Å². The van der Waals surface area contributed by atoms with Gasteiger partial charge in [0.15, 0.2) is 11.6 Å². The second-order valence-electron chi connectivity index (χ2n) is 10.2. The van der Waals surface area contributed by atoms with Gasteiger partial charge in [-0.25, -0.2) is 9.37 Å². The lowest BCUT2D eigenvalue weighted by Crippen LogP contribution is -2.58. The molecule has 0 aliphatic carbocycles. The summed E-state index contributed by atoms with van der Waals surface area (Å²) in [6.45, 7) is 13.2. The number of allylic oxidation sites excluding steroid dienone is 4. The van der Waals surface area contributed by atoms with Gasteiger partial charge >= 0.3 is 0 Å². The number of hydrogen-bond acceptors (Lipinski definition) is 7. The van der Waals surface area contributed by atoms with Gasteiger partial charge in [0.1, 0.15) is 5.83 Å². The zero-order valence-corrected chi connectivity index (χ0v) is 23.4. The summed E-state index contributed by atoms with van der Waals surface area (Å²) in [4.78, 5) is 23.4. The molecule has 2 aliphatic rings. The first-order chi connectivity index (χ1) is 18.3. The van der Waals surface area contributed by atoms with Gasteiger partial charge in [0.2, 0.25) is 0 Å². The molecule has 2 saturated heterocycles.